The Labute approximate surface area is 107 Å². The summed E-state index contributed by atoms with van der Waals surface area (Å²) in [6.07, 6.45) is 6.20. The normalized spacial score (nSPS) is 13.1. The van der Waals surface area contributed by atoms with Gasteiger partial charge in [-0.25, -0.2) is 0 Å². The zero-order valence-corrected chi connectivity index (χ0v) is 11.9. The Morgan fingerprint density at radius 3 is 2.62 bits per heavy atom. The first-order valence-corrected chi connectivity index (χ1v) is 6.76. The first-order valence-electron chi connectivity index (χ1n) is 5.97. The smallest absolute Gasteiger partial charge is 0.0410 e. The molecule has 0 saturated carbocycles. The van der Waals surface area contributed by atoms with Crippen LogP contribution in [0.15, 0.2) is 22.9 Å². The van der Waals surface area contributed by atoms with E-state index in [0.29, 0.717) is 6.04 Å². The molecule has 0 amide bonds. The van der Waals surface area contributed by atoms with Gasteiger partial charge in [-0.2, -0.15) is 0 Å². The van der Waals surface area contributed by atoms with Crippen LogP contribution in [-0.2, 0) is 0 Å². The number of hydrogen-bond donors (Lipinski definition) is 1. The third-order valence-corrected chi connectivity index (χ3v) is 3.05. The summed E-state index contributed by atoms with van der Waals surface area (Å²) in [5.41, 5.74) is 1.27. The number of aromatic nitrogens is 1. The Hall–Kier alpha value is -0.410. The number of halogens is 1. The average Bonchev–Trinajstić information content (AvgIpc) is 2.24. The molecule has 2 nitrogen and oxygen atoms in total. The lowest BCUT2D eigenvalue weighted by molar-refractivity contribution is 0.447. The molecule has 0 aromatic carbocycles. The Bertz CT molecular complexity index is 313. The summed E-state index contributed by atoms with van der Waals surface area (Å²) in [5.74, 6) is 0.751. The second-order valence-electron chi connectivity index (χ2n) is 4.52. The van der Waals surface area contributed by atoms with Crippen molar-refractivity contribution in [1.82, 2.24) is 10.3 Å². The van der Waals surface area contributed by atoms with Crippen LogP contribution in [0.5, 0.6) is 0 Å². The highest BCUT2D eigenvalue weighted by Crippen LogP contribution is 2.22. The van der Waals surface area contributed by atoms with Crippen LogP contribution in [0, 0.1) is 5.92 Å². The topological polar surface area (TPSA) is 24.9 Å². The van der Waals surface area contributed by atoms with Gasteiger partial charge in [-0.1, -0.05) is 20.8 Å². The average molecular weight is 285 g/mol. The van der Waals surface area contributed by atoms with E-state index in [9.17, 15) is 0 Å². The van der Waals surface area contributed by atoms with E-state index in [1.165, 1.54) is 18.4 Å². The molecule has 1 atom stereocenters. The van der Waals surface area contributed by atoms with E-state index in [4.69, 9.17) is 0 Å². The first-order chi connectivity index (χ1) is 7.63. The van der Waals surface area contributed by atoms with Crippen LogP contribution < -0.4 is 5.32 Å². The van der Waals surface area contributed by atoms with Gasteiger partial charge in [0, 0.05) is 22.9 Å². The quantitative estimate of drug-likeness (QED) is 0.856. The minimum atomic E-state index is 0.428. The monoisotopic (exact) mass is 284 g/mol. The van der Waals surface area contributed by atoms with Crippen molar-refractivity contribution in [1.29, 1.82) is 0 Å². The van der Waals surface area contributed by atoms with Gasteiger partial charge in [0.1, 0.15) is 0 Å². The summed E-state index contributed by atoms with van der Waals surface area (Å²) in [5, 5.41) is 3.52. The minimum absolute atomic E-state index is 0.428. The van der Waals surface area contributed by atoms with Crippen LogP contribution in [0.3, 0.4) is 0 Å². The van der Waals surface area contributed by atoms with Gasteiger partial charge in [-0.05, 0) is 52.9 Å². The number of nitrogens with one attached hydrogen (secondary N) is 1. The van der Waals surface area contributed by atoms with E-state index < -0.39 is 0 Å². The minimum Gasteiger partial charge on any atom is -0.310 e. The maximum Gasteiger partial charge on any atom is 0.0410 e. The summed E-state index contributed by atoms with van der Waals surface area (Å²) < 4.78 is 1.05. The number of hydrogen-bond acceptors (Lipinski definition) is 2. The summed E-state index contributed by atoms with van der Waals surface area (Å²) in [4.78, 5) is 4.23. The maximum absolute atomic E-state index is 4.23. The lowest BCUT2D eigenvalue weighted by atomic mass is 9.99. The molecule has 1 rings (SSSR count). The number of pyridine rings is 1. The third kappa shape index (κ3) is 4.62. The van der Waals surface area contributed by atoms with E-state index >= 15 is 0 Å². The Kier molecular flexibility index (Phi) is 5.99. The predicted octanol–water partition coefficient (Wildman–Crippen LogP) is 3.93. The predicted molar refractivity (Wildman–Crippen MR) is 72.4 cm³/mol. The van der Waals surface area contributed by atoms with Crippen molar-refractivity contribution in [2.45, 2.75) is 39.7 Å². The lowest BCUT2D eigenvalue weighted by Gasteiger charge is -2.19. The second-order valence-corrected chi connectivity index (χ2v) is 5.43. The highest BCUT2D eigenvalue weighted by Gasteiger charge is 2.11. The SMILES string of the molecule is CCNC(CCC(C)C)c1cncc(Br)c1. The molecule has 90 valence electrons. The molecule has 0 aliphatic rings. The molecule has 0 fully saturated rings. The van der Waals surface area contributed by atoms with Gasteiger partial charge >= 0.3 is 0 Å². The van der Waals surface area contributed by atoms with Crippen LogP contribution in [0.4, 0.5) is 0 Å². The Morgan fingerprint density at radius 2 is 2.06 bits per heavy atom. The lowest BCUT2D eigenvalue weighted by Crippen LogP contribution is -2.21. The highest BCUT2D eigenvalue weighted by molar-refractivity contribution is 9.10. The van der Waals surface area contributed by atoms with Crippen LogP contribution in [0.2, 0.25) is 0 Å². The molecule has 16 heavy (non-hydrogen) atoms. The molecule has 1 aromatic rings. The molecular formula is C13H21BrN2. The molecule has 0 radical (unpaired) electrons. The fraction of sp³-hybridized carbons (Fsp3) is 0.615. The highest BCUT2D eigenvalue weighted by atomic mass is 79.9. The molecule has 3 heteroatoms. The van der Waals surface area contributed by atoms with E-state index in [-0.39, 0.29) is 0 Å². The summed E-state index contributed by atoms with van der Waals surface area (Å²) in [7, 11) is 0. The van der Waals surface area contributed by atoms with Gasteiger partial charge in [0.25, 0.3) is 0 Å². The van der Waals surface area contributed by atoms with Gasteiger partial charge < -0.3 is 5.32 Å². The second kappa shape index (κ2) is 7.02. The standard InChI is InChI=1S/C13H21BrN2/c1-4-16-13(6-5-10(2)3)11-7-12(14)9-15-8-11/h7-10,13,16H,4-6H2,1-3H3. The largest absolute Gasteiger partial charge is 0.310 e. The Morgan fingerprint density at radius 1 is 1.31 bits per heavy atom. The fourth-order valence-corrected chi connectivity index (χ4v) is 2.13. The van der Waals surface area contributed by atoms with Crippen molar-refractivity contribution >= 4 is 15.9 Å². The van der Waals surface area contributed by atoms with Crippen molar-refractivity contribution in [3.05, 3.63) is 28.5 Å². The van der Waals surface area contributed by atoms with Crippen LogP contribution >= 0.6 is 15.9 Å². The van der Waals surface area contributed by atoms with Crippen LogP contribution in [-0.4, -0.2) is 11.5 Å². The number of rotatable bonds is 6. The van der Waals surface area contributed by atoms with Crippen molar-refractivity contribution < 1.29 is 0 Å². The van der Waals surface area contributed by atoms with Crippen molar-refractivity contribution in [3.63, 3.8) is 0 Å². The van der Waals surface area contributed by atoms with E-state index in [1.807, 2.05) is 12.4 Å². The molecule has 0 saturated heterocycles. The van der Waals surface area contributed by atoms with Gasteiger partial charge in [-0.3, -0.25) is 4.98 Å². The van der Waals surface area contributed by atoms with Crippen molar-refractivity contribution in [2.24, 2.45) is 5.92 Å². The third-order valence-electron chi connectivity index (χ3n) is 2.61. The summed E-state index contributed by atoms with van der Waals surface area (Å²) >= 11 is 3.47. The van der Waals surface area contributed by atoms with Crippen molar-refractivity contribution in [2.75, 3.05) is 6.54 Å². The molecule has 1 aromatic heterocycles. The van der Waals surface area contributed by atoms with Gasteiger partial charge in [0.05, 0.1) is 0 Å². The molecule has 1 unspecified atom stereocenters. The molecule has 0 aliphatic heterocycles. The first kappa shape index (κ1) is 13.7. The summed E-state index contributed by atoms with van der Waals surface area (Å²) in [6, 6.07) is 2.58. The molecule has 1 heterocycles. The molecule has 1 N–H and O–H groups in total. The zero-order valence-electron chi connectivity index (χ0n) is 10.3. The molecule has 0 bridgehead atoms. The zero-order chi connectivity index (χ0) is 12.0. The summed E-state index contributed by atoms with van der Waals surface area (Å²) in [6.45, 7) is 7.67. The van der Waals surface area contributed by atoms with E-state index in [0.717, 1.165) is 16.9 Å². The van der Waals surface area contributed by atoms with Gasteiger partial charge in [0.2, 0.25) is 0 Å². The van der Waals surface area contributed by atoms with Gasteiger partial charge in [0.15, 0.2) is 0 Å². The molecule has 0 spiro atoms. The number of nitrogens with zero attached hydrogens (tertiary/aromatic N) is 1. The van der Waals surface area contributed by atoms with E-state index in [1.54, 1.807) is 0 Å². The van der Waals surface area contributed by atoms with Crippen LogP contribution in [0.25, 0.3) is 0 Å². The van der Waals surface area contributed by atoms with E-state index in [2.05, 4.69) is 53.1 Å². The Balaban J connectivity index is 2.68. The fourth-order valence-electron chi connectivity index (χ4n) is 1.75. The van der Waals surface area contributed by atoms with Crippen LogP contribution in [0.1, 0.15) is 45.2 Å². The molecular weight excluding hydrogens is 264 g/mol. The van der Waals surface area contributed by atoms with Gasteiger partial charge in [-0.15, -0.1) is 0 Å². The molecule has 0 aliphatic carbocycles. The van der Waals surface area contributed by atoms with Crippen molar-refractivity contribution in [3.8, 4) is 0 Å². The maximum atomic E-state index is 4.23.